The molecule has 0 aromatic heterocycles. The molecule has 1 unspecified atom stereocenters. The molecule has 17 heavy (non-hydrogen) atoms. The SMILES string of the molecule is CN(C)C1(C(N)C2CCCC2)CCCCCC1. The van der Waals surface area contributed by atoms with E-state index in [9.17, 15) is 0 Å². The molecule has 0 spiro atoms. The van der Waals surface area contributed by atoms with Crippen molar-refractivity contribution in [2.24, 2.45) is 11.7 Å². The third kappa shape index (κ3) is 2.68. The maximum Gasteiger partial charge on any atom is 0.0357 e. The van der Waals surface area contributed by atoms with Gasteiger partial charge in [-0.1, -0.05) is 38.5 Å². The van der Waals surface area contributed by atoms with Crippen LogP contribution in [0, 0.1) is 5.92 Å². The van der Waals surface area contributed by atoms with Gasteiger partial charge in [0, 0.05) is 11.6 Å². The van der Waals surface area contributed by atoms with Gasteiger partial charge in [-0.05, 0) is 45.7 Å². The van der Waals surface area contributed by atoms with Crippen LogP contribution < -0.4 is 5.73 Å². The molecule has 2 aliphatic rings. The number of hydrogen-bond donors (Lipinski definition) is 1. The molecule has 2 rings (SSSR count). The normalized spacial score (nSPS) is 28.2. The third-order valence-corrected chi connectivity index (χ3v) is 5.39. The summed E-state index contributed by atoms with van der Waals surface area (Å²) < 4.78 is 0. The standard InChI is InChI=1S/C15H30N2/c1-17(2)15(11-7-3-4-8-12-15)14(16)13-9-5-6-10-13/h13-14H,3-12,16H2,1-2H3. The Hall–Kier alpha value is -0.0800. The van der Waals surface area contributed by atoms with Gasteiger partial charge in [0.25, 0.3) is 0 Å². The summed E-state index contributed by atoms with van der Waals surface area (Å²) in [6.45, 7) is 0. The Morgan fingerprint density at radius 3 is 1.94 bits per heavy atom. The van der Waals surface area contributed by atoms with Gasteiger partial charge in [0.05, 0.1) is 0 Å². The van der Waals surface area contributed by atoms with Crippen LogP contribution in [0.5, 0.6) is 0 Å². The van der Waals surface area contributed by atoms with Crippen LogP contribution in [0.1, 0.15) is 64.2 Å². The Balaban J connectivity index is 2.13. The molecule has 1 atom stereocenters. The molecule has 0 saturated heterocycles. The third-order valence-electron chi connectivity index (χ3n) is 5.39. The summed E-state index contributed by atoms with van der Waals surface area (Å²) in [5.41, 5.74) is 7.01. The van der Waals surface area contributed by atoms with Gasteiger partial charge in [0.2, 0.25) is 0 Å². The number of rotatable bonds is 3. The minimum atomic E-state index is 0.297. The van der Waals surface area contributed by atoms with Crippen LogP contribution in [0.2, 0.25) is 0 Å². The summed E-state index contributed by atoms with van der Waals surface area (Å²) in [6.07, 6.45) is 13.8. The molecule has 2 saturated carbocycles. The van der Waals surface area contributed by atoms with Crippen molar-refractivity contribution >= 4 is 0 Å². The molecule has 2 heteroatoms. The summed E-state index contributed by atoms with van der Waals surface area (Å²) in [4.78, 5) is 2.46. The highest BCUT2D eigenvalue weighted by Gasteiger charge is 2.42. The fraction of sp³-hybridized carbons (Fsp3) is 1.00. The van der Waals surface area contributed by atoms with Crippen molar-refractivity contribution in [3.05, 3.63) is 0 Å². The van der Waals surface area contributed by atoms with E-state index in [0.717, 1.165) is 5.92 Å². The monoisotopic (exact) mass is 238 g/mol. The summed E-state index contributed by atoms with van der Waals surface area (Å²) in [7, 11) is 4.50. The summed E-state index contributed by atoms with van der Waals surface area (Å²) in [5.74, 6) is 0.787. The first kappa shape index (κ1) is 13.4. The summed E-state index contributed by atoms with van der Waals surface area (Å²) in [6, 6.07) is 0.401. The van der Waals surface area contributed by atoms with E-state index >= 15 is 0 Å². The van der Waals surface area contributed by atoms with Gasteiger partial charge >= 0.3 is 0 Å². The van der Waals surface area contributed by atoms with Crippen LogP contribution in [0.25, 0.3) is 0 Å². The van der Waals surface area contributed by atoms with Crippen LogP contribution in [0.3, 0.4) is 0 Å². The predicted octanol–water partition coefficient (Wildman–Crippen LogP) is 3.16. The molecular weight excluding hydrogens is 208 g/mol. The molecule has 0 bridgehead atoms. The van der Waals surface area contributed by atoms with Gasteiger partial charge < -0.3 is 10.6 Å². The molecule has 2 N–H and O–H groups in total. The van der Waals surface area contributed by atoms with Crippen molar-refractivity contribution < 1.29 is 0 Å². The van der Waals surface area contributed by atoms with Gasteiger partial charge in [-0.3, -0.25) is 0 Å². The second kappa shape index (κ2) is 5.71. The molecule has 0 aliphatic heterocycles. The zero-order valence-electron chi connectivity index (χ0n) is 11.8. The van der Waals surface area contributed by atoms with E-state index in [-0.39, 0.29) is 0 Å². The zero-order chi connectivity index (χ0) is 12.3. The second-order valence-corrected chi connectivity index (χ2v) is 6.48. The van der Waals surface area contributed by atoms with E-state index in [0.29, 0.717) is 11.6 Å². The van der Waals surface area contributed by atoms with Crippen LogP contribution in [0.4, 0.5) is 0 Å². The van der Waals surface area contributed by atoms with Gasteiger partial charge in [0.15, 0.2) is 0 Å². The van der Waals surface area contributed by atoms with Crippen molar-refractivity contribution in [1.82, 2.24) is 4.90 Å². The largest absolute Gasteiger partial charge is 0.326 e. The first-order valence-corrected chi connectivity index (χ1v) is 7.60. The molecular formula is C15H30N2. The van der Waals surface area contributed by atoms with Gasteiger partial charge in [0.1, 0.15) is 0 Å². The highest BCUT2D eigenvalue weighted by Crippen LogP contribution is 2.40. The van der Waals surface area contributed by atoms with E-state index in [4.69, 9.17) is 5.73 Å². The topological polar surface area (TPSA) is 29.3 Å². The molecule has 2 nitrogen and oxygen atoms in total. The van der Waals surface area contributed by atoms with Gasteiger partial charge in [-0.2, -0.15) is 0 Å². The first-order chi connectivity index (χ1) is 8.17. The first-order valence-electron chi connectivity index (χ1n) is 7.60. The lowest BCUT2D eigenvalue weighted by molar-refractivity contribution is 0.0720. The minimum Gasteiger partial charge on any atom is -0.326 e. The van der Waals surface area contributed by atoms with Crippen molar-refractivity contribution in [1.29, 1.82) is 0 Å². The second-order valence-electron chi connectivity index (χ2n) is 6.48. The highest BCUT2D eigenvalue weighted by atomic mass is 15.2. The lowest BCUT2D eigenvalue weighted by atomic mass is 9.75. The fourth-order valence-electron chi connectivity index (χ4n) is 4.17. The summed E-state index contributed by atoms with van der Waals surface area (Å²) >= 11 is 0. The average molecular weight is 238 g/mol. The van der Waals surface area contributed by atoms with E-state index < -0.39 is 0 Å². The van der Waals surface area contributed by atoms with Crippen LogP contribution in [-0.4, -0.2) is 30.6 Å². The Bertz CT molecular complexity index is 223. The lowest BCUT2D eigenvalue weighted by Crippen LogP contribution is -2.59. The zero-order valence-corrected chi connectivity index (χ0v) is 11.8. The molecule has 0 aromatic carbocycles. The number of likely N-dealkylation sites (N-methyl/N-ethyl adjacent to an activating group) is 1. The van der Waals surface area contributed by atoms with Crippen molar-refractivity contribution in [2.75, 3.05) is 14.1 Å². The minimum absolute atomic E-state index is 0.297. The van der Waals surface area contributed by atoms with E-state index in [1.807, 2.05) is 0 Å². The van der Waals surface area contributed by atoms with Crippen molar-refractivity contribution in [2.45, 2.75) is 75.8 Å². The maximum atomic E-state index is 6.72. The maximum absolute atomic E-state index is 6.72. The lowest BCUT2D eigenvalue weighted by Gasteiger charge is -2.46. The van der Waals surface area contributed by atoms with E-state index in [1.165, 1.54) is 64.2 Å². The molecule has 2 aliphatic carbocycles. The van der Waals surface area contributed by atoms with E-state index in [2.05, 4.69) is 19.0 Å². The number of nitrogens with zero attached hydrogens (tertiary/aromatic N) is 1. The average Bonchev–Trinajstić information content (AvgIpc) is 2.72. The molecule has 0 amide bonds. The number of hydrogen-bond acceptors (Lipinski definition) is 2. The van der Waals surface area contributed by atoms with Gasteiger partial charge in [-0.15, -0.1) is 0 Å². The van der Waals surface area contributed by atoms with Crippen LogP contribution in [-0.2, 0) is 0 Å². The predicted molar refractivity (Wildman–Crippen MR) is 74.1 cm³/mol. The van der Waals surface area contributed by atoms with Gasteiger partial charge in [-0.25, -0.2) is 0 Å². The van der Waals surface area contributed by atoms with Crippen LogP contribution >= 0.6 is 0 Å². The molecule has 2 fully saturated rings. The Morgan fingerprint density at radius 1 is 0.941 bits per heavy atom. The molecule has 100 valence electrons. The van der Waals surface area contributed by atoms with Crippen molar-refractivity contribution in [3.63, 3.8) is 0 Å². The molecule has 0 radical (unpaired) electrons. The Kier molecular flexibility index (Phi) is 4.48. The van der Waals surface area contributed by atoms with Crippen molar-refractivity contribution in [3.8, 4) is 0 Å². The summed E-state index contributed by atoms with van der Waals surface area (Å²) in [5, 5.41) is 0. The van der Waals surface area contributed by atoms with E-state index in [1.54, 1.807) is 0 Å². The molecule has 0 heterocycles. The smallest absolute Gasteiger partial charge is 0.0357 e. The number of nitrogens with two attached hydrogens (primary N) is 1. The Morgan fingerprint density at radius 2 is 1.47 bits per heavy atom. The Labute approximate surface area is 107 Å². The fourth-order valence-corrected chi connectivity index (χ4v) is 4.17. The highest BCUT2D eigenvalue weighted by molar-refractivity contribution is 5.01. The van der Waals surface area contributed by atoms with Crippen LogP contribution in [0.15, 0.2) is 0 Å². The molecule has 0 aromatic rings. The quantitative estimate of drug-likeness (QED) is 0.765.